The molecule has 0 saturated carbocycles. The Balaban J connectivity index is 1.48. The summed E-state index contributed by atoms with van der Waals surface area (Å²) < 4.78 is 0. The smallest absolute Gasteiger partial charge is 0.0605 e. The molecular weight excluding hydrogens is 270 g/mol. The third-order valence-electron chi connectivity index (χ3n) is 5.07. The van der Waals surface area contributed by atoms with E-state index in [0.717, 1.165) is 13.1 Å². The van der Waals surface area contributed by atoms with Crippen LogP contribution in [0.25, 0.3) is 0 Å². The molecule has 0 aliphatic carbocycles. The van der Waals surface area contributed by atoms with Gasteiger partial charge in [0.05, 0.1) is 11.4 Å². The van der Waals surface area contributed by atoms with E-state index in [1.165, 1.54) is 29.9 Å². The molecule has 114 valence electrons. The van der Waals surface area contributed by atoms with Gasteiger partial charge < -0.3 is 10.2 Å². The lowest BCUT2D eigenvalue weighted by Gasteiger charge is -2.36. The molecule has 2 atom stereocenters. The van der Waals surface area contributed by atoms with Crippen molar-refractivity contribution >= 4 is 11.4 Å². The van der Waals surface area contributed by atoms with Crippen molar-refractivity contribution in [2.24, 2.45) is 0 Å². The van der Waals surface area contributed by atoms with Crippen LogP contribution in [-0.2, 0) is 6.54 Å². The first-order valence-corrected chi connectivity index (χ1v) is 8.16. The van der Waals surface area contributed by atoms with Gasteiger partial charge in [-0.25, -0.2) is 0 Å². The standard InChI is InChI=1S/C19H23N3/c1-20-18-9-5-6-10-19(18)22-14-16-11-17(22)13-21(16)12-15-7-3-2-4-8-15/h2-10,16-17,20H,11-14H2,1H3. The summed E-state index contributed by atoms with van der Waals surface area (Å²) in [6, 6.07) is 20.8. The second-order valence-corrected chi connectivity index (χ2v) is 6.38. The van der Waals surface area contributed by atoms with Crippen LogP contribution in [0.4, 0.5) is 11.4 Å². The van der Waals surface area contributed by atoms with Gasteiger partial charge >= 0.3 is 0 Å². The number of anilines is 2. The predicted molar refractivity (Wildman–Crippen MR) is 92.4 cm³/mol. The van der Waals surface area contributed by atoms with Crippen LogP contribution < -0.4 is 10.2 Å². The van der Waals surface area contributed by atoms with Crippen LogP contribution in [0.2, 0.25) is 0 Å². The molecule has 1 N–H and O–H groups in total. The molecule has 0 spiro atoms. The predicted octanol–water partition coefficient (Wildman–Crippen LogP) is 3.19. The summed E-state index contributed by atoms with van der Waals surface area (Å²) in [5.41, 5.74) is 4.03. The number of para-hydroxylation sites is 2. The number of benzene rings is 2. The number of nitrogens with zero attached hydrogens (tertiary/aromatic N) is 2. The summed E-state index contributed by atoms with van der Waals surface area (Å²) in [6.45, 7) is 3.41. The molecule has 2 aliphatic heterocycles. The molecule has 2 bridgehead atoms. The molecule has 22 heavy (non-hydrogen) atoms. The molecule has 2 aliphatic rings. The summed E-state index contributed by atoms with van der Waals surface area (Å²) in [5, 5.41) is 3.33. The van der Waals surface area contributed by atoms with E-state index in [9.17, 15) is 0 Å². The lowest BCUT2D eigenvalue weighted by atomic mass is 10.2. The summed E-state index contributed by atoms with van der Waals surface area (Å²) in [4.78, 5) is 5.25. The van der Waals surface area contributed by atoms with Crippen LogP contribution in [0, 0.1) is 0 Å². The fraction of sp³-hybridized carbons (Fsp3) is 0.368. The van der Waals surface area contributed by atoms with Gasteiger partial charge in [-0.2, -0.15) is 0 Å². The maximum Gasteiger partial charge on any atom is 0.0605 e. The van der Waals surface area contributed by atoms with Crippen LogP contribution in [0.15, 0.2) is 54.6 Å². The Kier molecular flexibility index (Phi) is 3.51. The first kappa shape index (κ1) is 13.6. The maximum absolute atomic E-state index is 3.33. The molecule has 3 nitrogen and oxygen atoms in total. The largest absolute Gasteiger partial charge is 0.386 e. The van der Waals surface area contributed by atoms with Crippen molar-refractivity contribution < 1.29 is 0 Å². The zero-order chi connectivity index (χ0) is 14.9. The summed E-state index contributed by atoms with van der Waals surface area (Å²) in [5.74, 6) is 0. The van der Waals surface area contributed by atoms with E-state index < -0.39 is 0 Å². The molecule has 2 aromatic rings. The Labute approximate surface area is 132 Å². The zero-order valence-electron chi connectivity index (χ0n) is 13.1. The van der Waals surface area contributed by atoms with Gasteiger partial charge in [-0.1, -0.05) is 42.5 Å². The van der Waals surface area contributed by atoms with Crippen LogP contribution >= 0.6 is 0 Å². The molecule has 0 radical (unpaired) electrons. The number of nitrogens with one attached hydrogen (secondary N) is 1. The first-order valence-electron chi connectivity index (χ1n) is 8.16. The third kappa shape index (κ3) is 2.35. The van der Waals surface area contributed by atoms with Crippen molar-refractivity contribution in [2.75, 3.05) is 30.4 Å². The number of piperazine rings is 1. The fourth-order valence-corrected chi connectivity index (χ4v) is 3.99. The normalized spacial score (nSPS) is 24.0. The summed E-state index contributed by atoms with van der Waals surface area (Å²) in [7, 11) is 2.01. The third-order valence-corrected chi connectivity index (χ3v) is 5.07. The van der Waals surface area contributed by atoms with Gasteiger partial charge in [0, 0.05) is 38.8 Å². The molecule has 2 aromatic carbocycles. The van der Waals surface area contributed by atoms with E-state index in [0.29, 0.717) is 12.1 Å². The van der Waals surface area contributed by atoms with Gasteiger partial charge in [0.2, 0.25) is 0 Å². The van der Waals surface area contributed by atoms with Crippen molar-refractivity contribution in [1.29, 1.82) is 0 Å². The Morgan fingerprint density at radius 1 is 0.955 bits per heavy atom. The van der Waals surface area contributed by atoms with Crippen LogP contribution in [0.5, 0.6) is 0 Å². The number of likely N-dealkylation sites (tertiary alicyclic amines) is 1. The highest BCUT2D eigenvalue weighted by Crippen LogP contribution is 2.38. The lowest BCUT2D eigenvalue weighted by molar-refractivity contribution is 0.230. The van der Waals surface area contributed by atoms with Gasteiger partial charge in [-0.05, 0) is 24.1 Å². The van der Waals surface area contributed by atoms with Crippen molar-refractivity contribution in [1.82, 2.24) is 4.90 Å². The maximum atomic E-state index is 3.33. The quantitative estimate of drug-likeness (QED) is 0.934. The number of fused-ring (bicyclic) bond motifs is 2. The molecule has 4 rings (SSSR count). The van der Waals surface area contributed by atoms with Gasteiger partial charge in [-0.15, -0.1) is 0 Å². The highest BCUT2D eigenvalue weighted by atomic mass is 15.4. The van der Waals surface area contributed by atoms with Gasteiger partial charge in [0.25, 0.3) is 0 Å². The molecule has 2 fully saturated rings. The molecule has 0 amide bonds. The molecule has 2 heterocycles. The summed E-state index contributed by atoms with van der Waals surface area (Å²) in [6.07, 6.45) is 1.30. The second kappa shape index (κ2) is 5.65. The van der Waals surface area contributed by atoms with E-state index in [-0.39, 0.29) is 0 Å². The average molecular weight is 293 g/mol. The van der Waals surface area contributed by atoms with E-state index in [1.807, 2.05) is 7.05 Å². The Hall–Kier alpha value is -2.00. The average Bonchev–Trinajstić information content (AvgIpc) is 3.16. The molecular formula is C19H23N3. The Bertz CT molecular complexity index is 640. The van der Waals surface area contributed by atoms with Crippen LogP contribution in [0.1, 0.15) is 12.0 Å². The minimum absolute atomic E-state index is 0.656. The minimum atomic E-state index is 0.656. The highest BCUT2D eigenvalue weighted by molar-refractivity contribution is 5.71. The van der Waals surface area contributed by atoms with Crippen LogP contribution in [0.3, 0.4) is 0 Å². The zero-order valence-corrected chi connectivity index (χ0v) is 13.1. The Morgan fingerprint density at radius 2 is 1.73 bits per heavy atom. The van der Waals surface area contributed by atoms with Crippen molar-refractivity contribution in [3.05, 3.63) is 60.2 Å². The van der Waals surface area contributed by atoms with Crippen molar-refractivity contribution in [3.8, 4) is 0 Å². The fourth-order valence-electron chi connectivity index (χ4n) is 3.99. The minimum Gasteiger partial charge on any atom is -0.386 e. The summed E-state index contributed by atoms with van der Waals surface area (Å²) >= 11 is 0. The van der Waals surface area contributed by atoms with Crippen LogP contribution in [-0.4, -0.2) is 37.1 Å². The Morgan fingerprint density at radius 3 is 2.45 bits per heavy atom. The van der Waals surface area contributed by atoms with Gasteiger partial charge in [0.1, 0.15) is 0 Å². The topological polar surface area (TPSA) is 18.5 Å². The number of hydrogen-bond donors (Lipinski definition) is 1. The van der Waals surface area contributed by atoms with E-state index in [4.69, 9.17) is 0 Å². The first-order chi connectivity index (χ1) is 10.8. The monoisotopic (exact) mass is 293 g/mol. The molecule has 2 saturated heterocycles. The molecule has 2 unspecified atom stereocenters. The molecule has 3 heteroatoms. The van der Waals surface area contributed by atoms with Crippen molar-refractivity contribution in [2.45, 2.75) is 25.0 Å². The second-order valence-electron chi connectivity index (χ2n) is 6.38. The van der Waals surface area contributed by atoms with E-state index in [2.05, 4.69) is 69.7 Å². The van der Waals surface area contributed by atoms with Gasteiger partial charge in [0.15, 0.2) is 0 Å². The van der Waals surface area contributed by atoms with E-state index >= 15 is 0 Å². The lowest BCUT2D eigenvalue weighted by Crippen LogP contribution is -2.46. The van der Waals surface area contributed by atoms with Crippen molar-refractivity contribution in [3.63, 3.8) is 0 Å². The SMILES string of the molecule is CNc1ccccc1N1CC2CC1CN2Cc1ccccc1. The van der Waals surface area contributed by atoms with Gasteiger partial charge in [-0.3, -0.25) is 4.90 Å². The number of rotatable bonds is 4. The highest BCUT2D eigenvalue weighted by Gasteiger charge is 2.43. The number of hydrogen-bond acceptors (Lipinski definition) is 3. The molecule has 0 aromatic heterocycles. The van der Waals surface area contributed by atoms with E-state index in [1.54, 1.807) is 0 Å².